The van der Waals surface area contributed by atoms with Gasteiger partial charge in [-0.2, -0.15) is 0 Å². The molecule has 2 aliphatic carbocycles. The van der Waals surface area contributed by atoms with Gasteiger partial charge in [0.25, 0.3) is 0 Å². The van der Waals surface area contributed by atoms with Gasteiger partial charge in [-0.1, -0.05) is 6.92 Å². The van der Waals surface area contributed by atoms with Crippen molar-refractivity contribution in [2.75, 3.05) is 19.6 Å². The first-order valence-corrected chi connectivity index (χ1v) is 6.26. The molecule has 14 heavy (non-hydrogen) atoms. The highest BCUT2D eigenvalue weighted by atomic mass is 15.2. The number of nitrogens with zero attached hydrogens (tertiary/aromatic N) is 1. The van der Waals surface area contributed by atoms with E-state index in [1.165, 1.54) is 51.6 Å². The van der Waals surface area contributed by atoms with Crippen molar-refractivity contribution in [3.8, 4) is 0 Å². The van der Waals surface area contributed by atoms with E-state index in [1.807, 2.05) is 0 Å². The van der Waals surface area contributed by atoms with E-state index >= 15 is 0 Å². The summed E-state index contributed by atoms with van der Waals surface area (Å²) < 4.78 is 0. The largest absolute Gasteiger partial charge is 0.329 e. The summed E-state index contributed by atoms with van der Waals surface area (Å²) in [5.74, 6) is 1.01. The van der Waals surface area contributed by atoms with Gasteiger partial charge in [0.05, 0.1) is 0 Å². The van der Waals surface area contributed by atoms with Gasteiger partial charge in [0.1, 0.15) is 0 Å². The molecule has 2 rings (SSSR count). The zero-order valence-corrected chi connectivity index (χ0v) is 9.47. The molecule has 2 heteroatoms. The first kappa shape index (κ1) is 10.4. The minimum absolute atomic E-state index is 0.415. The van der Waals surface area contributed by atoms with Crippen LogP contribution in [0.2, 0.25) is 0 Å². The molecule has 82 valence electrons. The Hall–Kier alpha value is -0.0800. The first-order chi connectivity index (χ1) is 6.80. The smallest absolute Gasteiger partial charge is 0.0331 e. The number of rotatable bonds is 6. The highest BCUT2D eigenvalue weighted by Gasteiger charge is 2.42. The van der Waals surface area contributed by atoms with E-state index < -0.39 is 0 Å². The van der Waals surface area contributed by atoms with E-state index in [-0.39, 0.29) is 0 Å². The molecular formula is C12H24N2. The zero-order chi connectivity index (χ0) is 10.0. The minimum atomic E-state index is 0.415. The second-order valence-corrected chi connectivity index (χ2v) is 5.17. The molecule has 0 bridgehead atoms. The predicted octanol–water partition coefficient (Wildman–Crippen LogP) is 1.99. The van der Waals surface area contributed by atoms with Crippen LogP contribution in [0.5, 0.6) is 0 Å². The van der Waals surface area contributed by atoms with Crippen molar-refractivity contribution in [2.24, 2.45) is 11.7 Å². The van der Waals surface area contributed by atoms with Gasteiger partial charge in [-0.05, 0) is 51.0 Å². The lowest BCUT2D eigenvalue weighted by molar-refractivity contribution is 0.0195. The zero-order valence-electron chi connectivity index (χ0n) is 9.47. The van der Waals surface area contributed by atoms with Crippen molar-refractivity contribution in [1.82, 2.24) is 4.90 Å². The van der Waals surface area contributed by atoms with Crippen molar-refractivity contribution in [3.05, 3.63) is 0 Å². The maximum absolute atomic E-state index is 5.95. The quantitative estimate of drug-likeness (QED) is 0.704. The lowest BCUT2D eigenvalue weighted by atomic mass is 9.75. The molecule has 0 amide bonds. The third kappa shape index (κ3) is 1.96. The van der Waals surface area contributed by atoms with Gasteiger partial charge in [-0.15, -0.1) is 0 Å². The van der Waals surface area contributed by atoms with Gasteiger partial charge in [0, 0.05) is 18.6 Å². The van der Waals surface area contributed by atoms with E-state index in [0.29, 0.717) is 5.54 Å². The Morgan fingerprint density at radius 1 is 1.36 bits per heavy atom. The SMILES string of the molecule is CCCN(CC1CC1)C1(CN)CCC1. The van der Waals surface area contributed by atoms with E-state index in [0.717, 1.165) is 12.5 Å². The fraction of sp³-hybridized carbons (Fsp3) is 1.00. The molecule has 0 aromatic rings. The van der Waals surface area contributed by atoms with Gasteiger partial charge in [-0.25, -0.2) is 0 Å². The van der Waals surface area contributed by atoms with Crippen LogP contribution in [0.3, 0.4) is 0 Å². The fourth-order valence-corrected chi connectivity index (χ4v) is 2.64. The van der Waals surface area contributed by atoms with Gasteiger partial charge >= 0.3 is 0 Å². The molecule has 0 saturated heterocycles. The summed E-state index contributed by atoms with van der Waals surface area (Å²) in [6.07, 6.45) is 8.27. The van der Waals surface area contributed by atoms with Crippen molar-refractivity contribution < 1.29 is 0 Å². The average Bonchev–Trinajstić information content (AvgIpc) is 2.87. The van der Waals surface area contributed by atoms with Crippen LogP contribution >= 0.6 is 0 Å². The Bertz CT molecular complexity index is 177. The highest BCUT2D eigenvalue weighted by molar-refractivity contribution is 5.00. The molecule has 0 heterocycles. The third-order valence-corrected chi connectivity index (χ3v) is 4.00. The monoisotopic (exact) mass is 196 g/mol. The molecule has 0 unspecified atom stereocenters. The summed E-state index contributed by atoms with van der Waals surface area (Å²) in [4.78, 5) is 2.70. The minimum Gasteiger partial charge on any atom is -0.329 e. The Labute approximate surface area is 87.8 Å². The Morgan fingerprint density at radius 2 is 2.07 bits per heavy atom. The molecular weight excluding hydrogens is 172 g/mol. The molecule has 0 atom stereocenters. The molecule has 2 nitrogen and oxygen atoms in total. The molecule has 0 spiro atoms. The van der Waals surface area contributed by atoms with E-state index in [4.69, 9.17) is 5.73 Å². The molecule has 2 N–H and O–H groups in total. The first-order valence-electron chi connectivity index (χ1n) is 6.26. The fourth-order valence-electron chi connectivity index (χ4n) is 2.64. The third-order valence-electron chi connectivity index (χ3n) is 4.00. The van der Waals surface area contributed by atoms with E-state index in [1.54, 1.807) is 0 Å². The molecule has 2 saturated carbocycles. The Balaban J connectivity index is 1.92. The van der Waals surface area contributed by atoms with Gasteiger partial charge < -0.3 is 5.73 Å². The normalized spacial score (nSPS) is 25.1. The van der Waals surface area contributed by atoms with Crippen LogP contribution in [0.1, 0.15) is 45.4 Å². The maximum atomic E-state index is 5.95. The number of hydrogen-bond acceptors (Lipinski definition) is 2. The molecule has 2 aliphatic rings. The van der Waals surface area contributed by atoms with Crippen LogP contribution < -0.4 is 5.73 Å². The Morgan fingerprint density at radius 3 is 2.43 bits per heavy atom. The summed E-state index contributed by atoms with van der Waals surface area (Å²) in [5.41, 5.74) is 6.37. The standard InChI is InChI=1S/C12H24N2/c1-2-8-14(9-11-4-5-11)12(10-13)6-3-7-12/h11H,2-10,13H2,1H3. The Kier molecular flexibility index (Phi) is 3.13. The molecule has 0 aromatic heterocycles. The van der Waals surface area contributed by atoms with Crippen LogP contribution in [0.15, 0.2) is 0 Å². The van der Waals surface area contributed by atoms with Crippen LogP contribution in [0.25, 0.3) is 0 Å². The number of hydrogen-bond donors (Lipinski definition) is 1. The van der Waals surface area contributed by atoms with Crippen molar-refractivity contribution in [3.63, 3.8) is 0 Å². The van der Waals surface area contributed by atoms with Crippen LogP contribution in [0, 0.1) is 5.92 Å². The number of nitrogens with two attached hydrogens (primary N) is 1. The predicted molar refractivity (Wildman–Crippen MR) is 60.2 cm³/mol. The van der Waals surface area contributed by atoms with E-state index in [2.05, 4.69) is 11.8 Å². The summed E-state index contributed by atoms with van der Waals surface area (Å²) in [5, 5.41) is 0. The van der Waals surface area contributed by atoms with Crippen molar-refractivity contribution in [1.29, 1.82) is 0 Å². The van der Waals surface area contributed by atoms with Crippen molar-refractivity contribution in [2.45, 2.75) is 51.0 Å². The molecule has 0 aromatic carbocycles. The summed E-state index contributed by atoms with van der Waals surface area (Å²) in [6.45, 7) is 5.74. The molecule has 0 aliphatic heterocycles. The topological polar surface area (TPSA) is 29.3 Å². The lowest BCUT2D eigenvalue weighted by Crippen LogP contribution is -2.59. The van der Waals surface area contributed by atoms with E-state index in [9.17, 15) is 0 Å². The highest BCUT2D eigenvalue weighted by Crippen LogP contribution is 2.40. The van der Waals surface area contributed by atoms with Crippen LogP contribution in [0.4, 0.5) is 0 Å². The van der Waals surface area contributed by atoms with Gasteiger partial charge in [0.2, 0.25) is 0 Å². The van der Waals surface area contributed by atoms with Gasteiger partial charge in [-0.3, -0.25) is 4.90 Å². The van der Waals surface area contributed by atoms with Crippen LogP contribution in [-0.2, 0) is 0 Å². The maximum Gasteiger partial charge on any atom is 0.0331 e. The average molecular weight is 196 g/mol. The second kappa shape index (κ2) is 4.19. The summed E-state index contributed by atoms with van der Waals surface area (Å²) in [7, 11) is 0. The second-order valence-electron chi connectivity index (χ2n) is 5.17. The lowest BCUT2D eigenvalue weighted by Gasteiger charge is -2.50. The van der Waals surface area contributed by atoms with Crippen LogP contribution in [-0.4, -0.2) is 30.1 Å². The van der Waals surface area contributed by atoms with Crippen molar-refractivity contribution >= 4 is 0 Å². The molecule has 2 fully saturated rings. The summed E-state index contributed by atoms with van der Waals surface area (Å²) >= 11 is 0. The molecule has 0 radical (unpaired) electrons. The summed E-state index contributed by atoms with van der Waals surface area (Å²) in [6, 6.07) is 0. The van der Waals surface area contributed by atoms with Gasteiger partial charge in [0.15, 0.2) is 0 Å².